The lowest BCUT2D eigenvalue weighted by Crippen LogP contribution is -2.51. The molecule has 0 heterocycles. The summed E-state index contributed by atoms with van der Waals surface area (Å²) in [6, 6.07) is 0.0418. The molecule has 0 aromatic heterocycles. The second kappa shape index (κ2) is 19.1. The topological polar surface area (TPSA) is 85.2 Å². The highest BCUT2D eigenvalue weighted by Gasteiger charge is 2.39. The SMILES string of the molecule is CCCCCCCCCCCCCOCCCCOC1CCC(C(COP(=O)(O)O)[N+](C)(C)C)C1. The number of nitrogens with zero attached hydrogens (tertiary/aromatic N) is 1. The smallest absolute Gasteiger partial charge is 0.381 e. The van der Waals surface area contributed by atoms with Gasteiger partial charge in [0, 0.05) is 25.7 Å². The third-order valence-electron chi connectivity index (χ3n) is 7.31. The Morgan fingerprint density at radius 1 is 0.800 bits per heavy atom. The number of rotatable bonds is 23. The summed E-state index contributed by atoms with van der Waals surface area (Å²) in [5.74, 6) is 0.348. The van der Waals surface area contributed by atoms with Crippen molar-refractivity contribution in [3.05, 3.63) is 0 Å². The van der Waals surface area contributed by atoms with Crippen LogP contribution in [0.25, 0.3) is 0 Å². The average molecular weight is 523 g/mol. The third-order valence-corrected chi connectivity index (χ3v) is 7.79. The zero-order valence-electron chi connectivity index (χ0n) is 23.3. The maximum atomic E-state index is 11.2. The van der Waals surface area contributed by atoms with Crippen LogP contribution in [-0.4, -0.2) is 74.0 Å². The number of phosphoric ester groups is 1. The minimum Gasteiger partial charge on any atom is -0.381 e. The monoisotopic (exact) mass is 522 g/mol. The number of ether oxygens (including phenoxy) is 2. The van der Waals surface area contributed by atoms with Gasteiger partial charge in [0.15, 0.2) is 0 Å². The van der Waals surface area contributed by atoms with E-state index in [4.69, 9.17) is 23.8 Å². The van der Waals surface area contributed by atoms with Gasteiger partial charge in [-0.05, 0) is 38.5 Å². The molecule has 0 amide bonds. The molecule has 0 aliphatic heterocycles. The van der Waals surface area contributed by atoms with Crippen LogP contribution in [0.4, 0.5) is 0 Å². The van der Waals surface area contributed by atoms with E-state index < -0.39 is 7.82 Å². The van der Waals surface area contributed by atoms with Crippen LogP contribution in [0.15, 0.2) is 0 Å². The Labute approximate surface area is 216 Å². The molecule has 0 radical (unpaired) electrons. The first-order valence-corrected chi connectivity index (χ1v) is 15.9. The van der Waals surface area contributed by atoms with E-state index in [1.165, 1.54) is 70.6 Å². The van der Waals surface area contributed by atoms with Crippen molar-refractivity contribution in [2.24, 2.45) is 5.92 Å². The highest BCUT2D eigenvalue weighted by Crippen LogP contribution is 2.39. The van der Waals surface area contributed by atoms with Crippen LogP contribution in [0, 0.1) is 5.92 Å². The number of hydrogen-bond acceptors (Lipinski definition) is 4. The molecule has 0 aromatic carbocycles. The molecule has 0 saturated heterocycles. The molecule has 7 nitrogen and oxygen atoms in total. The van der Waals surface area contributed by atoms with E-state index >= 15 is 0 Å². The number of quaternary nitrogens is 1. The van der Waals surface area contributed by atoms with Crippen LogP contribution in [0.3, 0.4) is 0 Å². The Morgan fingerprint density at radius 2 is 1.31 bits per heavy atom. The normalized spacial score (nSPS) is 19.9. The largest absolute Gasteiger partial charge is 0.469 e. The Bertz CT molecular complexity index is 550. The van der Waals surface area contributed by atoms with Crippen molar-refractivity contribution in [3.63, 3.8) is 0 Å². The van der Waals surface area contributed by atoms with Gasteiger partial charge in [-0.2, -0.15) is 0 Å². The lowest BCUT2D eigenvalue weighted by Gasteiger charge is -2.37. The number of unbranched alkanes of at least 4 members (excludes halogenated alkanes) is 11. The lowest BCUT2D eigenvalue weighted by atomic mass is 9.96. The van der Waals surface area contributed by atoms with Crippen molar-refractivity contribution in [1.29, 1.82) is 0 Å². The van der Waals surface area contributed by atoms with Crippen molar-refractivity contribution < 1.29 is 32.8 Å². The summed E-state index contributed by atoms with van der Waals surface area (Å²) in [6.45, 7) is 4.80. The Hall–Kier alpha value is -0.0100. The fraction of sp³-hybridized carbons (Fsp3) is 1.00. The average Bonchev–Trinajstić information content (AvgIpc) is 3.22. The molecule has 1 rings (SSSR count). The van der Waals surface area contributed by atoms with Gasteiger partial charge in [0.05, 0.1) is 27.2 Å². The molecule has 0 bridgehead atoms. The summed E-state index contributed by atoms with van der Waals surface area (Å²) in [5, 5.41) is 0. The minimum absolute atomic E-state index is 0.0418. The molecule has 0 spiro atoms. The van der Waals surface area contributed by atoms with E-state index in [1.807, 2.05) is 0 Å². The van der Waals surface area contributed by atoms with Crippen molar-refractivity contribution >= 4 is 7.82 Å². The maximum Gasteiger partial charge on any atom is 0.469 e. The second-order valence-corrected chi connectivity index (χ2v) is 12.6. The summed E-state index contributed by atoms with van der Waals surface area (Å²) >= 11 is 0. The maximum absolute atomic E-state index is 11.2. The Morgan fingerprint density at radius 3 is 1.86 bits per heavy atom. The highest BCUT2D eigenvalue weighted by atomic mass is 31.2. The first-order chi connectivity index (χ1) is 16.6. The molecule has 1 saturated carbocycles. The van der Waals surface area contributed by atoms with Crippen molar-refractivity contribution in [3.8, 4) is 0 Å². The van der Waals surface area contributed by atoms with Crippen molar-refractivity contribution in [2.45, 2.75) is 122 Å². The Balaban J connectivity index is 1.97. The quantitative estimate of drug-likeness (QED) is 0.0910. The van der Waals surface area contributed by atoms with Crippen LogP contribution in [-0.2, 0) is 18.6 Å². The summed E-state index contributed by atoms with van der Waals surface area (Å²) in [4.78, 5) is 18.2. The van der Waals surface area contributed by atoms with Gasteiger partial charge < -0.3 is 23.7 Å². The molecular weight excluding hydrogens is 465 g/mol. The third kappa shape index (κ3) is 18.0. The van der Waals surface area contributed by atoms with E-state index in [2.05, 4.69) is 28.1 Å². The second-order valence-electron chi connectivity index (χ2n) is 11.4. The number of phosphoric acid groups is 1. The Kier molecular flexibility index (Phi) is 18.0. The molecule has 35 heavy (non-hydrogen) atoms. The first-order valence-electron chi connectivity index (χ1n) is 14.3. The van der Waals surface area contributed by atoms with E-state index in [9.17, 15) is 4.57 Å². The molecule has 8 heteroatoms. The fourth-order valence-electron chi connectivity index (χ4n) is 5.17. The van der Waals surface area contributed by atoms with E-state index in [-0.39, 0.29) is 18.8 Å². The van der Waals surface area contributed by atoms with Gasteiger partial charge in [-0.3, -0.25) is 4.52 Å². The van der Waals surface area contributed by atoms with Crippen LogP contribution in [0.2, 0.25) is 0 Å². The molecule has 0 aromatic rings. The van der Waals surface area contributed by atoms with E-state index in [1.54, 1.807) is 0 Å². The van der Waals surface area contributed by atoms with Gasteiger partial charge in [-0.25, -0.2) is 4.57 Å². The molecule has 3 atom stereocenters. The highest BCUT2D eigenvalue weighted by molar-refractivity contribution is 7.46. The van der Waals surface area contributed by atoms with Gasteiger partial charge in [0.2, 0.25) is 0 Å². The van der Waals surface area contributed by atoms with Gasteiger partial charge >= 0.3 is 7.82 Å². The summed E-state index contributed by atoms with van der Waals surface area (Å²) < 4.78 is 28.5. The molecule has 1 aliphatic carbocycles. The number of hydrogen-bond donors (Lipinski definition) is 2. The molecule has 3 unspecified atom stereocenters. The zero-order chi connectivity index (χ0) is 26.0. The van der Waals surface area contributed by atoms with Crippen LogP contribution < -0.4 is 0 Å². The number of likely N-dealkylation sites (N-methyl/N-ethyl adjacent to an activating group) is 1. The van der Waals surface area contributed by atoms with Crippen LogP contribution in [0.5, 0.6) is 0 Å². The van der Waals surface area contributed by atoms with Gasteiger partial charge in [-0.1, -0.05) is 71.1 Å². The molecule has 2 N–H and O–H groups in total. The minimum atomic E-state index is -4.45. The predicted molar refractivity (Wildman–Crippen MR) is 143 cm³/mol. The fourth-order valence-corrected chi connectivity index (χ4v) is 5.51. The van der Waals surface area contributed by atoms with Crippen molar-refractivity contribution in [2.75, 3.05) is 47.6 Å². The molecule has 1 aliphatic rings. The molecular formula is C27H57NO6P+. The van der Waals surface area contributed by atoms with Gasteiger partial charge in [0.25, 0.3) is 0 Å². The summed E-state index contributed by atoms with van der Waals surface area (Å²) in [5.41, 5.74) is 0. The lowest BCUT2D eigenvalue weighted by molar-refractivity contribution is -0.900. The van der Waals surface area contributed by atoms with E-state index in [0.717, 1.165) is 51.9 Å². The van der Waals surface area contributed by atoms with Gasteiger partial charge in [0.1, 0.15) is 12.6 Å². The van der Waals surface area contributed by atoms with Crippen LogP contribution in [0.1, 0.15) is 110 Å². The van der Waals surface area contributed by atoms with Crippen LogP contribution >= 0.6 is 7.82 Å². The summed E-state index contributed by atoms with van der Waals surface area (Å²) in [6.07, 6.45) is 20.2. The zero-order valence-corrected chi connectivity index (χ0v) is 24.2. The standard InChI is InChI=1S/C27H56NO6P/c1-5-6-7-8-9-10-11-12-13-14-15-20-32-21-16-17-22-33-26-19-18-25(23-26)27(28(2,3)4)24-34-35(29,30)31/h25-27H,5-24H2,1-4H3,(H-,29,30,31)/p+1. The van der Waals surface area contributed by atoms with Gasteiger partial charge in [-0.15, -0.1) is 0 Å². The van der Waals surface area contributed by atoms with E-state index in [0.29, 0.717) is 10.4 Å². The predicted octanol–water partition coefficient (Wildman–Crippen LogP) is 6.46. The first kappa shape index (κ1) is 33.0. The summed E-state index contributed by atoms with van der Waals surface area (Å²) in [7, 11) is 1.72. The van der Waals surface area contributed by atoms with Crippen molar-refractivity contribution in [1.82, 2.24) is 0 Å². The molecule has 1 fully saturated rings. The molecule has 210 valence electrons.